The zero-order valence-corrected chi connectivity index (χ0v) is 29.7. The van der Waals surface area contributed by atoms with Gasteiger partial charge in [-0.1, -0.05) is 85.5 Å². The van der Waals surface area contributed by atoms with Gasteiger partial charge in [0.15, 0.2) is 0 Å². The zero-order chi connectivity index (χ0) is 33.3. The van der Waals surface area contributed by atoms with E-state index in [1.54, 1.807) is 0 Å². The fraction of sp³-hybridized carbons (Fsp3) is 0.923. The molecular weight excluding hydrogens is 578 g/mol. The van der Waals surface area contributed by atoms with Crippen LogP contribution in [0.5, 0.6) is 0 Å². The summed E-state index contributed by atoms with van der Waals surface area (Å²) in [5.41, 5.74) is 0.0549. The Morgan fingerprint density at radius 1 is 0.848 bits per heavy atom. The van der Waals surface area contributed by atoms with Gasteiger partial charge < -0.3 is 20.3 Å². The van der Waals surface area contributed by atoms with E-state index in [0.29, 0.717) is 48.3 Å². The molecule has 0 aromatic heterocycles. The van der Waals surface area contributed by atoms with Crippen LogP contribution in [0.2, 0.25) is 0 Å². The number of nitrogens with one attached hydrogen (secondary N) is 1. The molecule has 0 heterocycles. The van der Waals surface area contributed by atoms with Gasteiger partial charge >= 0.3 is 11.9 Å². The van der Waals surface area contributed by atoms with Crippen molar-refractivity contribution < 1.29 is 29.3 Å². The van der Waals surface area contributed by atoms with Crippen molar-refractivity contribution in [2.24, 2.45) is 46.3 Å². The Balaban J connectivity index is 1.22. The minimum atomic E-state index is -1.02. The van der Waals surface area contributed by atoms with Crippen LogP contribution < -0.4 is 5.32 Å². The third kappa shape index (κ3) is 8.88. The second kappa shape index (κ2) is 17.2. The lowest BCUT2D eigenvalue weighted by Crippen LogP contribution is -2.59. The summed E-state index contributed by atoms with van der Waals surface area (Å²) in [6, 6.07) is 0. The van der Waals surface area contributed by atoms with Crippen molar-refractivity contribution >= 4 is 17.8 Å². The number of hydrogen-bond donors (Lipinski definition) is 3. The topological polar surface area (TPSA) is 113 Å². The van der Waals surface area contributed by atoms with Crippen LogP contribution in [-0.4, -0.2) is 46.8 Å². The summed E-state index contributed by atoms with van der Waals surface area (Å²) >= 11 is 0. The molecule has 0 aromatic carbocycles. The molecule has 0 aliphatic heterocycles. The van der Waals surface area contributed by atoms with E-state index >= 15 is 0 Å². The van der Waals surface area contributed by atoms with Crippen molar-refractivity contribution in [1.29, 1.82) is 0 Å². The predicted octanol–water partition coefficient (Wildman–Crippen LogP) is 8.46. The molecular formula is C39H67NO6. The van der Waals surface area contributed by atoms with Crippen LogP contribution in [-0.2, 0) is 19.1 Å². The van der Waals surface area contributed by atoms with E-state index < -0.39 is 5.97 Å². The quantitative estimate of drug-likeness (QED) is 0.102. The number of aliphatic carboxylic acids is 1. The summed E-state index contributed by atoms with van der Waals surface area (Å²) in [5, 5.41) is 23.2. The minimum Gasteiger partial charge on any atom is -0.480 e. The number of rotatable bonds is 18. The molecule has 0 spiro atoms. The molecule has 0 aromatic rings. The van der Waals surface area contributed by atoms with Crippen LogP contribution in [0.4, 0.5) is 0 Å². The largest absolute Gasteiger partial charge is 0.480 e. The van der Waals surface area contributed by atoms with Crippen LogP contribution in [0.1, 0.15) is 163 Å². The number of aliphatic hydroxyl groups excluding tert-OH is 1. The highest BCUT2D eigenvalue weighted by molar-refractivity contribution is 5.81. The molecule has 4 rings (SSSR count). The highest BCUT2D eigenvalue weighted by Gasteiger charge is 2.63. The molecule has 10 unspecified atom stereocenters. The number of unbranched alkanes of at least 4 members (excludes halogenated alkanes) is 9. The second-order valence-corrected chi connectivity index (χ2v) is 16.5. The molecule has 4 saturated carbocycles. The van der Waals surface area contributed by atoms with Crippen molar-refractivity contribution in [3.8, 4) is 0 Å². The van der Waals surface area contributed by atoms with Gasteiger partial charge in [-0.25, -0.2) is 0 Å². The first-order valence-corrected chi connectivity index (χ1v) is 19.4. The van der Waals surface area contributed by atoms with E-state index in [0.717, 1.165) is 57.8 Å². The first-order chi connectivity index (χ1) is 22.0. The average Bonchev–Trinajstić information content (AvgIpc) is 3.39. The molecule has 4 aliphatic carbocycles. The highest BCUT2D eigenvalue weighted by atomic mass is 16.5. The van der Waals surface area contributed by atoms with Crippen LogP contribution in [0.15, 0.2) is 0 Å². The van der Waals surface area contributed by atoms with Crippen molar-refractivity contribution in [2.45, 2.75) is 175 Å². The summed E-state index contributed by atoms with van der Waals surface area (Å²) in [7, 11) is 0. The summed E-state index contributed by atoms with van der Waals surface area (Å²) in [6.07, 6.45) is 22.5. The minimum absolute atomic E-state index is 0.00352. The number of ether oxygens (including phenoxy) is 1. The fourth-order valence-corrected chi connectivity index (χ4v) is 11.1. The molecule has 7 heteroatoms. The van der Waals surface area contributed by atoms with Crippen molar-refractivity contribution in [3.05, 3.63) is 0 Å². The van der Waals surface area contributed by atoms with Crippen LogP contribution in [0, 0.1) is 46.3 Å². The lowest BCUT2D eigenvalue weighted by molar-refractivity contribution is -0.181. The van der Waals surface area contributed by atoms with Gasteiger partial charge in [-0.15, -0.1) is 0 Å². The predicted molar refractivity (Wildman–Crippen MR) is 182 cm³/mol. The van der Waals surface area contributed by atoms with Crippen LogP contribution in [0.3, 0.4) is 0 Å². The average molecular weight is 646 g/mol. The highest BCUT2D eigenvalue weighted by Crippen LogP contribution is 2.68. The maximum absolute atomic E-state index is 12.7. The molecule has 0 saturated heterocycles. The number of carbonyl (C=O) groups is 3. The molecule has 1 amide bonds. The molecule has 10 atom stereocenters. The number of aliphatic hydroxyl groups is 1. The SMILES string of the molecule is CCCCCCCCCCCCC(=O)OC1CCC2(C)C(CCC3C2CC(O)C2(C)C(C(C)CCC(=O)NCC(=O)O)CCC32)C1. The molecule has 4 aliphatic rings. The number of carboxylic acids is 1. The summed E-state index contributed by atoms with van der Waals surface area (Å²) in [5.74, 6) is 1.63. The third-order valence-electron chi connectivity index (χ3n) is 13.8. The molecule has 4 fully saturated rings. The molecule has 264 valence electrons. The molecule has 7 nitrogen and oxygen atoms in total. The summed E-state index contributed by atoms with van der Waals surface area (Å²) < 4.78 is 6.07. The van der Waals surface area contributed by atoms with E-state index in [2.05, 4.69) is 33.0 Å². The van der Waals surface area contributed by atoms with Crippen LogP contribution >= 0.6 is 0 Å². The van der Waals surface area contributed by atoms with Crippen molar-refractivity contribution in [3.63, 3.8) is 0 Å². The van der Waals surface area contributed by atoms with E-state index in [1.165, 1.54) is 64.2 Å². The Morgan fingerprint density at radius 2 is 1.52 bits per heavy atom. The summed E-state index contributed by atoms with van der Waals surface area (Å²) in [6.45, 7) is 8.96. The maximum atomic E-state index is 12.7. The molecule has 0 radical (unpaired) electrons. The van der Waals surface area contributed by atoms with Gasteiger partial charge in [-0.2, -0.15) is 0 Å². The van der Waals surface area contributed by atoms with Gasteiger partial charge in [0.1, 0.15) is 12.6 Å². The molecule has 0 bridgehead atoms. The first kappa shape index (κ1) is 37.2. The number of carboxylic acid groups (broad SMARTS) is 1. The number of hydrogen-bond acceptors (Lipinski definition) is 5. The van der Waals surface area contributed by atoms with E-state index in [-0.39, 0.29) is 41.5 Å². The van der Waals surface area contributed by atoms with Gasteiger partial charge in [0.25, 0.3) is 0 Å². The molecule has 3 N–H and O–H groups in total. The van der Waals surface area contributed by atoms with Gasteiger partial charge in [-0.3, -0.25) is 14.4 Å². The Labute approximate surface area is 279 Å². The third-order valence-corrected chi connectivity index (χ3v) is 13.8. The van der Waals surface area contributed by atoms with E-state index in [9.17, 15) is 19.5 Å². The molecule has 46 heavy (non-hydrogen) atoms. The monoisotopic (exact) mass is 645 g/mol. The van der Waals surface area contributed by atoms with E-state index in [1.807, 2.05) is 0 Å². The standard InChI is InChI=1S/C39H67NO6/c1-5-6-7-8-9-10-11-12-13-14-15-37(45)46-29-22-23-38(3)28(24-29)17-18-30-32-20-19-31(39(32,4)34(41)25-33(30)38)27(2)16-21-35(42)40-26-36(43)44/h27-34,41H,5-26H2,1-4H3,(H,40,42)(H,43,44). The van der Waals surface area contributed by atoms with Gasteiger partial charge in [0.05, 0.1) is 6.10 Å². The lowest BCUT2D eigenvalue weighted by atomic mass is 9.43. The second-order valence-electron chi connectivity index (χ2n) is 16.5. The van der Waals surface area contributed by atoms with Crippen molar-refractivity contribution in [1.82, 2.24) is 5.32 Å². The lowest BCUT2D eigenvalue weighted by Gasteiger charge is -2.62. The van der Waals surface area contributed by atoms with Crippen molar-refractivity contribution in [2.75, 3.05) is 6.54 Å². The number of amides is 1. The Bertz CT molecular complexity index is 1000. The Kier molecular flexibility index (Phi) is 13.9. The Hall–Kier alpha value is -1.63. The number of esters is 1. The normalized spacial score (nSPS) is 35.8. The smallest absolute Gasteiger partial charge is 0.322 e. The van der Waals surface area contributed by atoms with E-state index in [4.69, 9.17) is 9.84 Å². The number of carbonyl (C=O) groups excluding carboxylic acids is 2. The summed E-state index contributed by atoms with van der Waals surface area (Å²) in [4.78, 5) is 35.8. The fourth-order valence-electron chi connectivity index (χ4n) is 11.1. The maximum Gasteiger partial charge on any atom is 0.322 e. The first-order valence-electron chi connectivity index (χ1n) is 19.4. The number of fused-ring (bicyclic) bond motifs is 5. The zero-order valence-electron chi connectivity index (χ0n) is 29.7. The van der Waals surface area contributed by atoms with Gasteiger partial charge in [0, 0.05) is 12.8 Å². The van der Waals surface area contributed by atoms with Crippen LogP contribution in [0.25, 0.3) is 0 Å². The Morgan fingerprint density at radius 3 is 2.20 bits per heavy atom. The van der Waals surface area contributed by atoms with Gasteiger partial charge in [-0.05, 0) is 111 Å². The van der Waals surface area contributed by atoms with Gasteiger partial charge in [0.2, 0.25) is 5.91 Å².